The average molecular weight is 340 g/mol. The topological polar surface area (TPSA) is 106 Å². The van der Waals surface area contributed by atoms with E-state index in [2.05, 4.69) is 0 Å². The molecule has 0 saturated carbocycles. The molecule has 0 spiro atoms. The van der Waals surface area contributed by atoms with Gasteiger partial charge in [0.25, 0.3) is 5.91 Å². The van der Waals surface area contributed by atoms with Gasteiger partial charge in [0.2, 0.25) is 0 Å². The van der Waals surface area contributed by atoms with Crippen LogP contribution in [-0.4, -0.2) is 18.9 Å². The van der Waals surface area contributed by atoms with Crippen LogP contribution in [0.25, 0.3) is 0 Å². The summed E-state index contributed by atoms with van der Waals surface area (Å²) in [6.45, 7) is 0.281. The Morgan fingerprint density at radius 2 is 1.95 bits per heavy atom. The highest BCUT2D eigenvalue weighted by molar-refractivity contribution is 7.71. The van der Waals surface area contributed by atoms with Crippen molar-refractivity contribution in [2.24, 2.45) is 5.73 Å². The van der Waals surface area contributed by atoms with Gasteiger partial charge in [0.15, 0.2) is 0 Å². The molecular weight excluding hydrogens is 326 g/mol. The fourth-order valence-corrected chi connectivity index (χ4v) is 2.82. The van der Waals surface area contributed by atoms with Crippen molar-refractivity contribution in [1.29, 1.82) is 5.41 Å². The van der Waals surface area contributed by atoms with Crippen molar-refractivity contribution in [3.8, 4) is 0 Å². The zero-order valence-electron chi connectivity index (χ0n) is 11.5. The molecule has 0 aliphatic rings. The van der Waals surface area contributed by atoms with E-state index in [0.29, 0.717) is 10.6 Å². The van der Waals surface area contributed by atoms with E-state index in [1.54, 1.807) is 24.3 Å². The molecule has 0 aliphatic carbocycles. The maximum absolute atomic E-state index is 11.3. The minimum Gasteiger partial charge on any atom is -0.365 e. The number of thiol groups is 1. The van der Waals surface area contributed by atoms with E-state index in [1.807, 2.05) is 0 Å². The molecule has 0 bridgehead atoms. The van der Waals surface area contributed by atoms with E-state index in [4.69, 9.17) is 22.7 Å². The van der Waals surface area contributed by atoms with Gasteiger partial charge in [-0.25, -0.2) is 8.42 Å². The summed E-state index contributed by atoms with van der Waals surface area (Å²) in [4.78, 5) is 11.3. The fourth-order valence-electron chi connectivity index (χ4n) is 2.10. The smallest absolute Gasteiger partial charge is 0.252 e. The summed E-state index contributed by atoms with van der Waals surface area (Å²) in [6, 6.07) is 8.35. The number of amides is 1. The summed E-state index contributed by atoms with van der Waals surface area (Å²) in [6.07, 6.45) is 1.52. The lowest BCUT2D eigenvalue weighted by Crippen LogP contribution is -2.29. The highest BCUT2D eigenvalue weighted by atomic mass is 35.5. The summed E-state index contributed by atoms with van der Waals surface area (Å²) in [5, 5.41) is 8.29. The van der Waals surface area contributed by atoms with Crippen molar-refractivity contribution in [3.05, 3.63) is 63.7 Å². The number of rotatable bonds is 5. The second-order valence-corrected chi connectivity index (χ2v) is 6.14. The Hall–Kier alpha value is -2.12. The van der Waals surface area contributed by atoms with Gasteiger partial charge >= 0.3 is 0 Å². The standard InChI is InChI=1S/C14H14ClN3O3S/c15-11-5-12(14(17)19)13(16)18(7-11)6-9-2-1-3-10(4-9)8-22(20)21/h1-5,7,16,22H,6,8H2,(H2,17,19). The number of carbonyl (C=O) groups is 1. The van der Waals surface area contributed by atoms with Crippen LogP contribution in [0.15, 0.2) is 36.5 Å². The molecule has 0 aliphatic heterocycles. The number of hydrogen-bond donors (Lipinski definition) is 3. The number of benzene rings is 1. The van der Waals surface area contributed by atoms with Gasteiger partial charge in [-0.15, -0.1) is 0 Å². The van der Waals surface area contributed by atoms with Gasteiger partial charge in [-0.05, 0) is 17.2 Å². The van der Waals surface area contributed by atoms with E-state index in [1.165, 1.54) is 16.8 Å². The van der Waals surface area contributed by atoms with Gasteiger partial charge in [0.1, 0.15) is 16.2 Å². The third-order valence-corrected chi connectivity index (χ3v) is 3.86. The number of carbonyl (C=O) groups excluding carboxylic acids is 1. The summed E-state index contributed by atoms with van der Waals surface area (Å²) in [5.74, 6) is -0.762. The van der Waals surface area contributed by atoms with Crippen molar-refractivity contribution in [1.82, 2.24) is 4.57 Å². The molecule has 1 aromatic heterocycles. The number of aromatic nitrogens is 1. The first kappa shape index (κ1) is 16.3. The number of nitrogens with two attached hydrogens (primary N) is 1. The molecule has 8 heteroatoms. The number of hydrogen-bond acceptors (Lipinski definition) is 4. The number of halogens is 1. The third-order valence-electron chi connectivity index (χ3n) is 3.03. The monoisotopic (exact) mass is 339 g/mol. The van der Waals surface area contributed by atoms with Gasteiger partial charge in [-0.3, -0.25) is 10.2 Å². The van der Waals surface area contributed by atoms with E-state index < -0.39 is 16.6 Å². The normalized spacial score (nSPS) is 10.8. The van der Waals surface area contributed by atoms with E-state index in [0.717, 1.165) is 5.56 Å². The Bertz CT molecular complexity index is 851. The molecule has 1 heterocycles. The Labute approximate surface area is 133 Å². The largest absolute Gasteiger partial charge is 0.365 e. The molecule has 0 unspecified atom stereocenters. The van der Waals surface area contributed by atoms with Crippen LogP contribution in [-0.2, 0) is 23.0 Å². The summed E-state index contributed by atoms with van der Waals surface area (Å²) < 4.78 is 23.1. The van der Waals surface area contributed by atoms with Crippen molar-refractivity contribution < 1.29 is 13.2 Å². The minimum absolute atomic E-state index is 0.0336. The highest BCUT2D eigenvalue weighted by Crippen LogP contribution is 2.11. The SMILES string of the molecule is N=c1c(C(N)=O)cc(Cl)cn1Cc1cccc(C[SH](=O)=O)c1. The van der Waals surface area contributed by atoms with Gasteiger partial charge < -0.3 is 10.3 Å². The second-order valence-electron chi connectivity index (χ2n) is 4.72. The van der Waals surface area contributed by atoms with E-state index >= 15 is 0 Å². The predicted molar refractivity (Wildman–Crippen MR) is 83.4 cm³/mol. The first-order valence-electron chi connectivity index (χ1n) is 6.31. The van der Waals surface area contributed by atoms with Gasteiger partial charge in [-0.2, -0.15) is 0 Å². The fraction of sp³-hybridized carbons (Fsp3) is 0.143. The molecule has 1 aromatic carbocycles. The molecule has 116 valence electrons. The molecular formula is C14H14ClN3O3S. The van der Waals surface area contributed by atoms with E-state index in [-0.39, 0.29) is 23.3 Å². The number of pyridine rings is 1. The lowest BCUT2D eigenvalue weighted by Gasteiger charge is -2.10. The molecule has 2 aromatic rings. The van der Waals surface area contributed by atoms with Gasteiger partial charge in [0, 0.05) is 12.7 Å². The zero-order chi connectivity index (χ0) is 16.3. The predicted octanol–water partition coefficient (Wildman–Crippen LogP) is 0.880. The van der Waals surface area contributed by atoms with Crippen LogP contribution in [0, 0.1) is 5.41 Å². The molecule has 0 fully saturated rings. The minimum atomic E-state index is -2.50. The third kappa shape index (κ3) is 3.96. The lowest BCUT2D eigenvalue weighted by atomic mass is 10.1. The molecule has 1 amide bonds. The van der Waals surface area contributed by atoms with Crippen molar-refractivity contribution >= 4 is 28.2 Å². The van der Waals surface area contributed by atoms with Crippen LogP contribution >= 0.6 is 11.6 Å². The first-order chi connectivity index (χ1) is 10.4. The number of nitrogens with one attached hydrogen (secondary N) is 1. The summed E-state index contributed by atoms with van der Waals surface area (Å²) in [7, 11) is -2.50. The van der Waals surface area contributed by atoms with Crippen LogP contribution in [0.4, 0.5) is 0 Å². The number of primary amides is 1. The molecule has 0 atom stereocenters. The highest BCUT2D eigenvalue weighted by Gasteiger charge is 2.09. The van der Waals surface area contributed by atoms with Crippen LogP contribution < -0.4 is 11.2 Å². The molecule has 22 heavy (non-hydrogen) atoms. The van der Waals surface area contributed by atoms with Crippen molar-refractivity contribution in [2.75, 3.05) is 0 Å². The quantitative estimate of drug-likeness (QED) is 0.704. The van der Waals surface area contributed by atoms with Crippen molar-refractivity contribution in [3.63, 3.8) is 0 Å². The Morgan fingerprint density at radius 1 is 1.27 bits per heavy atom. The zero-order valence-corrected chi connectivity index (χ0v) is 13.1. The molecule has 0 saturated heterocycles. The van der Waals surface area contributed by atoms with Crippen LogP contribution in [0.5, 0.6) is 0 Å². The molecule has 6 nitrogen and oxygen atoms in total. The van der Waals surface area contributed by atoms with Crippen LogP contribution in [0.3, 0.4) is 0 Å². The summed E-state index contributed by atoms with van der Waals surface area (Å²) >= 11 is 5.94. The molecule has 3 N–H and O–H groups in total. The van der Waals surface area contributed by atoms with E-state index in [9.17, 15) is 13.2 Å². The Balaban J connectivity index is 2.39. The first-order valence-corrected chi connectivity index (χ1v) is 8.05. The second kappa shape index (κ2) is 6.76. The van der Waals surface area contributed by atoms with Crippen molar-refractivity contribution in [2.45, 2.75) is 12.3 Å². The maximum atomic E-state index is 11.3. The maximum Gasteiger partial charge on any atom is 0.252 e. The summed E-state index contributed by atoms with van der Waals surface area (Å²) in [5.41, 5.74) is 6.68. The molecule has 0 radical (unpaired) electrons. The Morgan fingerprint density at radius 3 is 2.59 bits per heavy atom. The van der Waals surface area contributed by atoms with Crippen LogP contribution in [0.1, 0.15) is 21.5 Å². The van der Waals surface area contributed by atoms with Gasteiger partial charge in [0.05, 0.1) is 16.3 Å². The molecule has 2 rings (SSSR count). The van der Waals surface area contributed by atoms with Crippen LogP contribution in [0.2, 0.25) is 5.02 Å². The van der Waals surface area contributed by atoms with Gasteiger partial charge in [-0.1, -0.05) is 35.9 Å². The lowest BCUT2D eigenvalue weighted by molar-refractivity contribution is 0.0997. The Kier molecular flexibility index (Phi) is 4.99. The number of nitrogens with zero attached hydrogens (tertiary/aromatic N) is 1. The average Bonchev–Trinajstić information content (AvgIpc) is 2.42.